The molecule has 2 aromatic rings. The highest BCUT2D eigenvalue weighted by Gasteiger charge is 2.49. The average molecular weight is 380 g/mol. The Labute approximate surface area is 161 Å². The first kappa shape index (κ1) is 19.3. The van der Waals surface area contributed by atoms with Crippen LogP contribution in [0.4, 0.5) is 0 Å². The molecule has 0 spiro atoms. The van der Waals surface area contributed by atoms with Crippen LogP contribution in [0.25, 0.3) is 6.08 Å². The maximum atomic E-state index is 3.03. The smallest absolute Gasteiger partial charge is 0.115 e. The molecule has 0 bridgehead atoms. The molecule has 1 heterocycles. The number of hydrogen-bond donors (Lipinski definition) is 0. The first-order valence-electron chi connectivity index (χ1n) is 9.86. The standard InChI is InChI=1S/C23H33NSi2/c1-20-11-13-21(14-12-20)15-16-23(19-22-9-7-6-8-10-22)24-25(2,3)17-18-26(24,4)5/h6-16,23H,17-19H2,1-5H3/b16-15+/t23-/m1/s1. The van der Waals surface area contributed by atoms with E-state index in [0.717, 1.165) is 6.42 Å². The minimum atomic E-state index is -1.33. The quantitative estimate of drug-likeness (QED) is 0.547. The van der Waals surface area contributed by atoms with Gasteiger partial charge in [0.2, 0.25) is 0 Å². The van der Waals surface area contributed by atoms with Crippen molar-refractivity contribution in [1.29, 1.82) is 0 Å². The lowest BCUT2D eigenvalue weighted by Gasteiger charge is -2.44. The number of rotatable bonds is 5. The Balaban J connectivity index is 1.92. The molecule has 0 aliphatic carbocycles. The van der Waals surface area contributed by atoms with Gasteiger partial charge in [-0.05, 0) is 36.6 Å². The molecule has 1 nitrogen and oxygen atoms in total. The summed E-state index contributed by atoms with van der Waals surface area (Å²) in [6, 6.07) is 23.3. The van der Waals surface area contributed by atoms with E-state index in [-0.39, 0.29) is 0 Å². The van der Waals surface area contributed by atoms with Crippen molar-refractivity contribution in [2.24, 2.45) is 0 Å². The first-order chi connectivity index (χ1) is 12.3. The van der Waals surface area contributed by atoms with E-state index in [1.165, 1.54) is 28.8 Å². The molecule has 1 atom stereocenters. The van der Waals surface area contributed by atoms with Crippen molar-refractivity contribution in [3.63, 3.8) is 0 Å². The van der Waals surface area contributed by atoms with Crippen LogP contribution in [0.5, 0.6) is 0 Å². The zero-order chi connectivity index (χ0) is 18.8. The molecular formula is C23H33NSi2. The Morgan fingerprint density at radius 3 is 2.04 bits per heavy atom. The maximum absolute atomic E-state index is 3.03. The highest BCUT2D eigenvalue weighted by Crippen LogP contribution is 2.39. The van der Waals surface area contributed by atoms with Crippen LogP contribution in [0, 0.1) is 6.92 Å². The lowest BCUT2D eigenvalue weighted by Crippen LogP contribution is -2.59. The molecule has 2 aromatic carbocycles. The molecule has 1 aliphatic rings. The molecule has 3 rings (SSSR count). The van der Waals surface area contributed by atoms with Gasteiger partial charge in [-0.1, -0.05) is 98.5 Å². The van der Waals surface area contributed by atoms with Gasteiger partial charge >= 0.3 is 0 Å². The van der Waals surface area contributed by atoms with Crippen molar-refractivity contribution < 1.29 is 0 Å². The summed E-state index contributed by atoms with van der Waals surface area (Å²) < 4.78 is 3.03. The molecule has 26 heavy (non-hydrogen) atoms. The van der Waals surface area contributed by atoms with Crippen LogP contribution in [-0.2, 0) is 6.42 Å². The van der Waals surface area contributed by atoms with Crippen molar-refractivity contribution in [1.82, 2.24) is 4.23 Å². The number of hydrogen-bond acceptors (Lipinski definition) is 1. The fourth-order valence-electron chi connectivity index (χ4n) is 4.57. The summed E-state index contributed by atoms with van der Waals surface area (Å²) >= 11 is 0. The van der Waals surface area contributed by atoms with Gasteiger partial charge in [-0.15, -0.1) is 0 Å². The monoisotopic (exact) mass is 379 g/mol. The van der Waals surface area contributed by atoms with Gasteiger partial charge in [0.05, 0.1) is 0 Å². The van der Waals surface area contributed by atoms with Crippen LogP contribution < -0.4 is 0 Å². The largest absolute Gasteiger partial charge is 0.339 e. The minimum absolute atomic E-state index is 0.518. The minimum Gasteiger partial charge on any atom is -0.339 e. The van der Waals surface area contributed by atoms with Gasteiger partial charge in [0, 0.05) is 6.04 Å². The van der Waals surface area contributed by atoms with Gasteiger partial charge in [0.25, 0.3) is 0 Å². The van der Waals surface area contributed by atoms with Crippen molar-refractivity contribution in [3.05, 3.63) is 77.4 Å². The molecule has 0 amide bonds. The van der Waals surface area contributed by atoms with E-state index in [9.17, 15) is 0 Å². The Bertz CT molecular complexity index is 732. The Morgan fingerprint density at radius 2 is 1.46 bits per heavy atom. The van der Waals surface area contributed by atoms with Crippen molar-refractivity contribution in [3.8, 4) is 0 Å². The topological polar surface area (TPSA) is 3.24 Å². The Morgan fingerprint density at radius 1 is 0.885 bits per heavy atom. The lowest BCUT2D eigenvalue weighted by atomic mass is 10.0. The van der Waals surface area contributed by atoms with E-state index in [1.54, 1.807) is 0 Å². The van der Waals surface area contributed by atoms with Crippen molar-refractivity contribution in [2.45, 2.75) is 57.7 Å². The third-order valence-corrected chi connectivity index (χ3v) is 16.2. The summed E-state index contributed by atoms with van der Waals surface area (Å²) in [7, 11) is -2.65. The van der Waals surface area contributed by atoms with Gasteiger partial charge in [-0.2, -0.15) is 0 Å². The van der Waals surface area contributed by atoms with Gasteiger partial charge < -0.3 is 4.23 Å². The van der Waals surface area contributed by atoms with E-state index in [0.29, 0.717) is 6.04 Å². The van der Waals surface area contributed by atoms with Crippen LogP contribution in [0.1, 0.15) is 16.7 Å². The number of aryl methyl sites for hydroxylation is 1. The summed E-state index contributed by atoms with van der Waals surface area (Å²) in [5.41, 5.74) is 4.09. The predicted octanol–water partition coefficient (Wildman–Crippen LogP) is 6.35. The van der Waals surface area contributed by atoms with Crippen LogP contribution in [0.15, 0.2) is 60.7 Å². The number of benzene rings is 2. The zero-order valence-corrected chi connectivity index (χ0v) is 19.0. The van der Waals surface area contributed by atoms with E-state index >= 15 is 0 Å². The van der Waals surface area contributed by atoms with E-state index in [2.05, 4.69) is 104 Å². The van der Waals surface area contributed by atoms with Crippen LogP contribution in [0.3, 0.4) is 0 Å². The van der Waals surface area contributed by atoms with E-state index in [1.807, 2.05) is 0 Å². The molecule has 0 unspecified atom stereocenters. The second-order valence-electron chi connectivity index (χ2n) is 9.02. The summed E-state index contributed by atoms with van der Waals surface area (Å²) in [6.07, 6.45) is 5.96. The summed E-state index contributed by atoms with van der Waals surface area (Å²) in [5.74, 6) is 0. The maximum Gasteiger partial charge on any atom is 0.115 e. The molecule has 138 valence electrons. The van der Waals surface area contributed by atoms with Crippen molar-refractivity contribution in [2.75, 3.05) is 0 Å². The summed E-state index contributed by atoms with van der Waals surface area (Å²) in [6.45, 7) is 12.5. The molecule has 1 saturated heterocycles. The van der Waals surface area contributed by atoms with Crippen LogP contribution in [0.2, 0.25) is 38.3 Å². The van der Waals surface area contributed by atoms with E-state index in [4.69, 9.17) is 0 Å². The number of nitrogens with zero attached hydrogens (tertiary/aromatic N) is 1. The van der Waals surface area contributed by atoms with E-state index < -0.39 is 16.5 Å². The molecule has 0 radical (unpaired) electrons. The van der Waals surface area contributed by atoms with Crippen LogP contribution in [-0.4, -0.2) is 26.7 Å². The van der Waals surface area contributed by atoms with Gasteiger partial charge in [-0.3, -0.25) is 0 Å². The summed E-state index contributed by atoms with van der Waals surface area (Å²) in [5, 5.41) is 0. The van der Waals surface area contributed by atoms with Gasteiger partial charge in [0.15, 0.2) is 0 Å². The normalized spacial score (nSPS) is 20.5. The van der Waals surface area contributed by atoms with Gasteiger partial charge in [-0.25, -0.2) is 0 Å². The zero-order valence-electron chi connectivity index (χ0n) is 17.0. The van der Waals surface area contributed by atoms with Gasteiger partial charge in [0.1, 0.15) is 16.5 Å². The molecule has 1 fully saturated rings. The summed E-state index contributed by atoms with van der Waals surface area (Å²) in [4.78, 5) is 0. The molecule has 0 aromatic heterocycles. The second kappa shape index (κ2) is 7.67. The molecule has 0 N–H and O–H groups in total. The molecule has 0 saturated carbocycles. The average Bonchev–Trinajstić information content (AvgIpc) is 2.82. The molecule has 1 aliphatic heterocycles. The fourth-order valence-corrected chi connectivity index (χ4v) is 19.3. The molecular weight excluding hydrogens is 346 g/mol. The first-order valence-corrected chi connectivity index (χ1v) is 16.2. The fraction of sp³-hybridized carbons (Fsp3) is 0.391. The highest BCUT2D eigenvalue weighted by atomic mass is 28.4. The highest BCUT2D eigenvalue weighted by molar-refractivity contribution is 6.95. The second-order valence-corrected chi connectivity index (χ2v) is 18.7. The Kier molecular flexibility index (Phi) is 5.71. The van der Waals surface area contributed by atoms with Crippen molar-refractivity contribution >= 4 is 22.5 Å². The Hall–Kier alpha value is -1.43. The third-order valence-electron chi connectivity index (χ3n) is 5.86. The predicted molar refractivity (Wildman–Crippen MR) is 121 cm³/mol. The lowest BCUT2D eigenvalue weighted by molar-refractivity contribution is 0.521. The third kappa shape index (κ3) is 4.45. The van der Waals surface area contributed by atoms with Crippen LogP contribution >= 0.6 is 0 Å². The SMILES string of the molecule is Cc1ccc(/C=C/[C@H](Cc2ccccc2)N2[Si](C)(C)CC[Si]2(C)C)cc1. The molecule has 3 heteroatoms.